The van der Waals surface area contributed by atoms with E-state index in [0.717, 1.165) is 5.56 Å². The van der Waals surface area contributed by atoms with Crippen LogP contribution in [0.15, 0.2) is 18.2 Å². The van der Waals surface area contributed by atoms with Gasteiger partial charge in [-0.3, -0.25) is 14.9 Å². The molecule has 0 aromatic heterocycles. The molecule has 0 atom stereocenters. The van der Waals surface area contributed by atoms with Gasteiger partial charge in [0.25, 0.3) is 5.69 Å². The lowest BCUT2D eigenvalue weighted by atomic mass is 9.84. The van der Waals surface area contributed by atoms with E-state index in [0.29, 0.717) is 11.8 Å². The van der Waals surface area contributed by atoms with E-state index in [1.54, 1.807) is 6.07 Å². The molecule has 0 radical (unpaired) electrons. The highest BCUT2D eigenvalue weighted by molar-refractivity contribution is 5.79. The van der Waals surface area contributed by atoms with Crippen LogP contribution >= 0.6 is 0 Å². The molecule has 0 saturated heterocycles. The quantitative estimate of drug-likeness (QED) is 0.425. The number of benzene rings is 1. The van der Waals surface area contributed by atoms with Crippen LogP contribution in [-0.2, 0) is 5.41 Å². The topological polar surface area (TPSA) is 60.2 Å². The van der Waals surface area contributed by atoms with Crippen molar-refractivity contribution in [2.45, 2.75) is 26.2 Å². The van der Waals surface area contributed by atoms with Crippen LogP contribution in [0.3, 0.4) is 0 Å². The lowest BCUT2D eigenvalue weighted by Crippen LogP contribution is -2.14. The molecule has 0 spiro atoms. The number of nitro groups is 1. The van der Waals surface area contributed by atoms with Gasteiger partial charge in [0.1, 0.15) is 0 Å². The van der Waals surface area contributed by atoms with Gasteiger partial charge in [0.05, 0.1) is 4.92 Å². The number of hydrogen-bond donors (Lipinski definition) is 0. The van der Waals surface area contributed by atoms with Crippen LogP contribution in [0.4, 0.5) is 5.69 Å². The van der Waals surface area contributed by atoms with Crippen molar-refractivity contribution in [1.29, 1.82) is 0 Å². The normalized spacial score (nSPS) is 11.1. The van der Waals surface area contributed by atoms with E-state index >= 15 is 0 Å². The van der Waals surface area contributed by atoms with Crippen molar-refractivity contribution in [3.63, 3.8) is 0 Å². The third-order valence-corrected chi connectivity index (χ3v) is 2.18. The zero-order chi connectivity index (χ0) is 11.6. The summed E-state index contributed by atoms with van der Waals surface area (Å²) in [6.07, 6.45) is 0.660. The Bertz CT molecular complexity index is 405. The lowest BCUT2D eigenvalue weighted by Gasteiger charge is -2.20. The first kappa shape index (κ1) is 11.4. The molecule has 4 heteroatoms. The summed E-state index contributed by atoms with van der Waals surface area (Å²) in [5, 5.41) is 10.5. The molecule has 0 aliphatic carbocycles. The smallest absolute Gasteiger partial charge is 0.270 e. The van der Waals surface area contributed by atoms with E-state index in [-0.39, 0.29) is 11.1 Å². The zero-order valence-electron chi connectivity index (χ0n) is 8.98. The molecule has 0 amide bonds. The third kappa shape index (κ3) is 2.40. The molecule has 0 fully saturated rings. The largest absolute Gasteiger partial charge is 0.298 e. The van der Waals surface area contributed by atoms with Crippen molar-refractivity contribution >= 4 is 12.0 Å². The molecule has 0 aliphatic heterocycles. The fourth-order valence-corrected chi connectivity index (χ4v) is 1.44. The Labute approximate surface area is 88.1 Å². The van der Waals surface area contributed by atoms with Gasteiger partial charge in [-0.2, -0.15) is 0 Å². The SMILES string of the molecule is CC(C)(C)c1ccc([N+](=O)[O-])cc1C=O. The Morgan fingerprint density at radius 2 is 1.93 bits per heavy atom. The van der Waals surface area contributed by atoms with Gasteiger partial charge in [-0.05, 0) is 11.0 Å². The lowest BCUT2D eigenvalue weighted by molar-refractivity contribution is -0.384. The highest BCUT2D eigenvalue weighted by Gasteiger charge is 2.19. The second kappa shape index (κ2) is 3.81. The molecule has 4 nitrogen and oxygen atoms in total. The van der Waals surface area contributed by atoms with Crippen LogP contribution in [0.25, 0.3) is 0 Å². The molecule has 1 rings (SSSR count). The van der Waals surface area contributed by atoms with Crippen LogP contribution in [0.1, 0.15) is 36.7 Å². The van der Waals surface area contributed by atoms with Gasteiger partial charge in [-0.1, -0.05) is 26.8 Å². The number of hydrogen-bond acceptors (Lipinski definition) is 3. The summed E-state index contributed by atoms with van der Waals surface area (Å²) >= 11 is 0. The summed E-state index contributed by atoms with van der Waals surface area (Å²) in [5.41, 5.74) is 0.968. The predicted molar refractivity (Wildman–Crippen MR) is 57.2 cm³/mol. The minimum Gasteiger partial charge on any atom is -0.298 e. The molecule has 1 aromatic carbocycles. The molecule has 0 aliphatic rings. The summed E-state index contributed by atoms with van der Waals surface area (Å²) in [5.74, 6) is 0. The van der Waals surface area contributed by atoms with E-state index in [9.17, 15) is 14.9 Å². The van der Waals surface area contributed by atoms with Gasteiger partial charge in [-0.15, -0.1) is 0 Å². The van der Waals surface area contributed by atoms with Gasteiger partial charge < -0.3 is 0 Å². The van der Waals surface area contributed by atoms with Gasteiger partial charge in [0.2, 0.25) is 0 Å². The first-order valence-electron chi connectivity index (χ1n) is 4.60. The maximum absolute atomic E-state index is 10.8. The average molecular weight is 207 g/mol. The molecular formula is C11H13NO3. The summed E-state index contributed by atoms with van der Waals surface area (Å²) in [7, 11) is 0. The number of rotatable bonds is 2. The highest BCUT2D eigenvalue weighted by Crippen LogP contribution is 2.27. The minimum atomic E-state index is -0.501. The first-order chi connectivity index (χ1) is 6.86. The van der Waals surface area contributed by atoms with Crippen LogP contribution in [-0.4, -0.2) is 11.2 Å². The molecular weight excluding hydrogens is 194 g/mol. The standard InChI is InChI=1S/C11H13NO3/c1-11(2,3)10-5-4-9(12(14)15)6-8(10)7-13/h4-7H,1-3H3. The van der Waals surface area contributed by atoms with Gasteiger partial charge in [0, 0.05) is 17.7 Å². The van der Waals surface area contributed by atoms with Crippen molar-refractivity contribution in [2.24, 2.45) is 0 Å². The van der Waals surface area contributed by atoms with E-state index in [1.807, 2.05) is 20.8 Å². The van der Waals surface area contributed by atoms with Gasteiger partial charge in [0.15, 0.2) is 6.29 Å². The number of aldehydes is 1. The van der Waals surface area contributed by atoms with E-state index in [4.69, 9.17) is 0 Å². The Balaban J connectivity index is 3.33. The molecule has 0 N–H and O–H groups in total. The van der Waals surface area contributed by atoms with Crippen molar-refractivity contribution in [1.82, 2.24) is 0 Å². The number of nitro benzene ring substituents is 1. The Hall–Kier alpha value is -1.71. The number of non-ortho nitro benzene ring substituents is 1. The molecule has 80 valence electrons. The third-order valence-electron chi connectivity index (χ3n) is 2.18. The molecule has 1 aromatic rings. The molecule has 15 heavy (non-hydrogen) atoms. The summed E-state index contributed by atoms with van der Waals surface area (Å²) in [6.45, 7) is 5.88. The monoisotopic (exact) mass is 207 g/mol. The summed E-state index contributed by atoms with van der Waals surface area (Å²) in [6, 6.07) is 4.38. The highest BCUT2D eigenvalue weighted by atomic mass is 16.6. The van der Waals surface area contributed by atoms with Crippen LogP contribution in [0.2, 0.25) is 0 Å². The maximum Gasteiger partial charge on any atom is 0.270 e. The average Bonchev–Trinajstić information content (AvgIpc) is 2.15. The van der Waals surface area contributed by atoms with Crippen molar-refractivity contribution in [2.75, 3.05) is 0 Å². The van der Waals surface area contributed by atoms with E-state index < -0.39 is 4.92 Å². The fraction of sp³-hybridized carbons (Fsp3) is 0.364. The maximum atomic E-state index is 10.8. The van der Waals surface area contributed by atoms with Gasteiger partial charge >= 0.3 is 0 Å². The fourth-order valence-electron chi connectivity index (χ4n) is 1.44. The van der Waals surface area contributed by atoms with Crippen molar-refractivity contribution in [3.05, 3.63) is 39.4 Å². The summed E-state index contributed by atoms with van der Waals surface area (Å²) in [4.78, 5) is 20.8. The van der Waals surface area contributed by atoms with Crippen LogP contribution in [0, 0.1) is 10.1 Å². The molecule has 0 bridgehead atoms. The van der Waals surface area contributed by atoms with E-state index in [1.165, 1.54) is 12.1 Å². The first-order valence-corrected chi connectivity index (χ1v) is 4.60. The Morgan fingerprint density at radius 3 is 2.33 bits per heavy atom. The number of carbonyl (C=O) groups is 1. The molecule has 0 unspecified atom stereocenters. The Morgan fingerprint density at radius 1 is 1.33 bits per heavy atom. The minimum absolute atomic E-state index is 0.0508. The molecule has 0 saturated carbocycles. The van der Waals surface area contributed by atoms with Crippen LogP contribution in [0.5, 0.6) is 0 Å². The predicted octanol–water partition coefficient (Wildman–Crippen LogP) is 2.70. The van der Waals surface area contributed by atoms with Gasteiger partial charge in [-0.25, -0.2) is 0 Å². The number of carbonyl (C=O) groups excluding carboxylic acids is 1. The van der Waals surface area contributed by atoms with Crippen molar-refractivity contribution in [3.8, 4) is 0 Å². The second-order valence-corrected chi connectivity index (χ2v) is 4.40. The molecule has 0 heterocycles. The van der Waals surface area contributed by atoms with Crippen LogP contribution < -0.4 is 0 Å². The van der Waals surface area contributed by atoms with Crippen molar-refractivity contribution < 1.29 is 9.72 Å². The Kier molecular flexibility index (Phi) is 2.88. The zero-order valence-corrected chi connectivity index (χ0v) is 8.98. The number of nitrogens with zero attached hydrogens (tertiary/aromatic N) is 1. The second-order valence-electron chi connectivity index (χ2n) is 4.40. The van der Waals surface area contributed by atoms with E-state index in [2.05, 4.69) is 0 Å². The summed E-state index contributed by atoms with van der Waals surface area (Å²) < 4.78 is 0.